The van der Waals surface area contributed by atoms with Gasteiger partial charge in [-0.1, -0.05) is 20.8 Å². The number of cyclic esters (lactones) is 1. The summed E-state index contributed by atoms with van der Waals surface area (Å²) in [7, 11) is 0. The van der Waals surface area contributed by atoms with E-state index in [4.69, 9.17) is 19.9 Å². The van der Waals surface area contributed by atoms with Crippen molar-refractivity contribution >= 4 is 5.97 Å². The van der Waals surface area contributed by atoms with Crippen molar-refractivity contribution in [2.45, 2.75) is 96.7 Å². The smallest absolute Gasteiger partial charge is 0.343 e. The number of pyridine rings is 1. The molecule has 1 saturated heterocycles. The highest BCUT2D eigenvalue weighted by molar-refractivity contribution is 5.83. The lowest BCUT2D eigenvalue weighted by molar-refractivity contribution is -0.169. The van der Waals surface area contributed by atoms with Crippen molar-refractivity contribution in [3.63, 3.8) is 0 Å². The SMILES string of the molecule is CC(C)C[C@H](N)[C@@]1(Cc2cc(OC3CCC(C)CC3)ccn2)OC(C)(C)OC1=O. The van der Waals surface area contributed by atoms with Gasteiger partial charge >= 0.3 is 5.97 Å². The third-order valence-corrected chi connectivity index (χ3v) is 5.93. The molecule has 0 bridgehead atoms. The number of hydrogen-bond donors (Lipinski definition) is 1. The minimum Gasteiger partial charge on any atom is -0.490 e. The number of esters is 1. The average Bonchev–Trinajstić information content (AvgIpc) is 2.86. The van der Waals surface area contributed by atoms with Crippen molar-refractivity contribution in [2.75, 3.05) is 0 Å². The number of nitrogens with zero attached hydrogens (tertiary/aromatic N) is 1. The molecule has 1 aliphatic heterocycles. The summed E-state index contributed by atoms with van der Waals surface area (Å²) >= 11 is 0. The molecule has 6 nitrogen and oxygen atoms in total. The molecule has 0 unspecified atom stereocenters. The van der Waals surface area contributed by atoms with Crippen molar-refractivity contribution in [1.29, 1.82) is 0 Å². The molecule has 1 saturated carbocycles. The Morgan fingerprint density at radius 3 is 2.55 bits per heavy atom. The van der Waals surface area contributed by atoms with Crippen LogP contribution in [0.3, 0.4) is 0 Å². The van der Waals surface area contributed by atoms with E-state index in [0.29, 0.717) is 12.3 Å². The molecule has 162 valence electrons. The lowest BCUT2D eigenvalue weighted by Gasteiger charge is -2.32. The Balaban J connectivity index is 1.78. The molecule has 1 aromatic rings. The third kappa shape index (κ3) is 5.28. The Labute approximate surface area is 174 Å². The van der Waals surface area contributed by atoms with Gasteiger partial charge in [-0.3, -0.25) is 4.98 Å². The van der Waals surface area contributed by atoms with Gasteiger partial charge in [0.25, 0.3) is 0 Å². The molecule has 0 spiro atoms. The van der Waals surface area contributed by atoms with Crippen LogP contribution in [-0.2, 0) is 20.7 Å². The van der Waals surface area contributed by atoms with Gasteiger partial charge in [0.05, 0.1) is 6.10 Å². The first-order chi connectivity index (χ1) is 13.6. The predicted molar refractivity (Wildman–Crippen MR) is 111 cm³/mol. The van der Waals surface area contributed by atoms with Crippen LogP contribution in [-0.4, -0.2) is 34.5 Å². The Morgan fingerprint density at radius 1 is 1.28 bits per heavy atom. The van der Waals surface area contributed by atoms with Crippen LogP contribution in [0.25, 0.3) is 0 Å². The summed E-state index contributed by atoms with van der Waals surface area (Å²) < 4.78 is 17.8. The zero-order valence-corrected chi connectivity index (χ0v) is 18.4. The minimum absolute atomic E-state index is 0.241. The number of nitrogens with two attached hydrogens (primary N) is 1. The molecule has 2 atom stereocenters. The maximum absolute atomic E-state index is 12.9. The van der Waals surface area contributed by atoms with E-state index in [1.54, 1.807) is 20.0 Å². The average molecular weight is 405 g/mol. The Morgan fingerprint density at radius 2 is 1.97 bits per heavy atom. The van der Waals surface area contributed by atoms with Gasteiger partial charge in [0.2, 0.25) is 5.79 Å². The predicted octanol–water partition coefficient (Wildman–Crippen LogP) is 4.00. The first-order valence-electron chi connectivity index (χ1n) is 10.9. The highest BCUT2D eigenvalue weighted by atomic mass is 16.8. The number of hydrogen-bond acceptors (Lipinski definition) is 6. The van der Waals surface area contributed by atoms with Crippen molar-refractivity contribution in [1.82, 2.24) is 4.98 Å². The van der Waals surface area contributed by atoms with Crippen molar-refractivity contribution in [2.24, 2.45) is 17.6 Å². The fraction of sp³-hybridized carbons (Fsp3) is 0.739. The fourth-order valence-corrected chi connectivity index (χ4v) is 4.41. The van der Waals surface area contributed by atoms with Crippen molar-refractivity contribution in [3.8, 4) is 5.75 Å². The molecule has 2 fully saturated rings. The molecule has 2 heterocycles. The lowest BCUT2D eigenvalue weighted by atomic mass is 9.84. The van der Waals surface area contributed by atoms with Crippen LogP contribution in [0, 0.1) is 11.8 Å². The molecule has 2 N–H and O–H groups in total. The van der Waals surface area contributed by atoms with Gasteiger partial charge in [0.1, 0.15) is 5.75 Å². The van der Waals surface area contributed by atoms with Crippen molar-refractivity contribution in [3.05, 3.63) is 24.0 Å². The minimum atomic E-state index is -1.24. The Hall–Kier alpha value is -1.66. The Bertz CT molecular complexity index is 713. The van der Waals surface area contributed by atoms with Gasteiger partial charge in [-0.25, -0.2) is 4.79 Å². The molecule has 3 rings (SSSR count). The summed E-state index contributed by atoms with van der Waals surface area (Å²) in [5.41, 5.74) is 5.98. The summed E-state index contributed by atoms with van der Waals surface area (Å²) in [6, 6.07) is 3.30. The molecule has 1 aliphatic carbocycles. The van der Waals surface area contributed by atoms with Crippen LogP contribution in [0.1, 0.15) is 72.4 Å². The van der Waals surface area contributed by atoms with Crippen molar-refractivity contribution < 1.29 is 19.0 Å². The van der Waals surface area contributed by atoms with Crippen LogP contribution >= 0.6 is 0 Å². The summed E-state index contributed by atoms with van der Waals surface area (Å²) in [4.78, 5) is 17.4. The largest absolute Gasteiger partial charge is 0.490 e. The van der Waals surface area contributed by atoms with Gasteiger partial charge in [-0.05, 0) is 50.0 Å². The van der Waals surface area contributed by atoms with E-state index in [9.17, 15) is 4.79 Å². The Kier molecular flexibility index (Phi) is 6.54. The third-order valence-electron chi connectivity index (χ3n) is 5.93. The van der Waals surface area contributed by atoms with Gasteiger partial charge in [0, 0.05) is 44.3 Å². The van der Waals surface area contributed by atoms with Crippen LogP contribution in [0.15, 0.2) is 18.3 Å². The lowest BCUT2D eigenvalue weighted by Crippen LogP contribution is -2.55. The van der Waals surface area contributed by atoms with Crippen LogP contribution in [0.5, 0.6) is 5.75 Å². The first-order valence-corrected chi connectivity index (χ1v) is 10.9. The standard InChI is InChI=1S/C23H36N2O4/c1-15(2)12-20(24)23(21(26)28-22(4,5)29-23)14-17-13-19(10-11-25-17)27-18-8-6-16(3)7-9-18/h10-11,13,15-16,18,20H,6-9,12,14,24H2,1-5H3/t16?,18?,20-,23+/m0/s1. The maximum Gasteiger partial charge on any atom is 0.343 e. The fourth-order valence-electron chi connectivity index (χ4n) is 4.41. The van der Waals surface area contributed by atoms with E-state index in [0.717, 1.165) is 30.2 Å². The molecule has 0 aromatic carbocycles. The summed E-state index contributed by atoms with van der Waals surface area (Å²) in [5, 5.41) is 0. The van der Waals surface area contributed by atoms with Crippen LogP contribution in [0.4, 0.5) is 0 Å². The van der Waals surface area contributed by atoms with E-state index in [1.807, 2.05) is 12.1 Å². The van der Waals surface area contributed by atoms with Gasteiger partial charge in [0.15, 0.2) is 5.60 Å². The second kappa shape index (κ2) is 8.60. The molecule has 1 aromatic heterocycles. The van der Waals surface area contributed by atoms with E-state index >= 15 is 0 Å². The number of ether oxygens (including phenoxy) is 3. The molecular formula is C23H36N2O4. The molecule has 6 heteroatoms. The number of aromatic nitrogens is 1. The normalized spacial score (nSPS) is 30.2. The molecule has 0 radical (unpaired) electrons. The summed E-state index contributed by atoms with van der Waals surface area (Å²) in [6.45, 7) is 9.94. The highest BCUT2D eigenvalue weighted by Crippen LogP contribution is 2.38. The summed E-state index contributed by atoms with van der Waals surface area (Å²) in [5.74, 6) is 0.480. The first kappa shape index (κ1) is 22.0. The van der Waals surface area contributed by atoms with Gasteiger partial charge in [-0.2, -0.15) is 0 Å². The van der Waals surface area contributed by atoms with Gasteiger partial charge < -0.3 is 19.9 Å². The quantitative estimate of drug-likeness (QED) is 0.692. The zero-order chi connectivity index (χ0) is 21.2. The molecule has 2 aliphatic rings. The molecule has 0 amide bonds. The number of rotatable bonds is 7. The van der Waals surface area contributed by atoms with Gasteiger partial charge in [-0.15, -0.1) is 0 Å². The second-order valence-electron chi connectivity index (χ2n) is 9.68. The van der Waals surface area contributed by atoms with Crippen LogP contribution in [0.2, 0.25) is 0 Å². The highest BCUT2D eigenvalue weighted by Gasteiger charge is 2.57. The number of carbonyl (C=O) groups excluding carboxylic acids is 1. The van der Waals surface area contributed by atoms with Crippen LogP contribution < -0.4 is 10.5 Å². The van der Waals surface area contributed by atoms with E-state index in [-0.39, 0.29) is 12.5 Å². The number of carbonyl (C=O) groups is 1. The second-order valence-corrected chi connectivity index (χ2v) is 9.68. The van der Waals surface area contributed by atoms with E-state index < -0.39 is 23.4 Å². The molecule has 29 heavy (non-hydrogen) atoms. The molecular weight excluding hydrogens is 368 g/mol. The zero-order valence-electron chi connectivity index (χ0n) is 18.4. The van der Waals surface area contributed by atoms with E-state index in [1.165, 1.54) is 12.8 Å². The van der Waals surface area contributed by atoms with E-state index in [2.05, 4.69) is 25.8 Å². The maximum atomic E-state index is 12.9. The topological polar surface area (TPSA) is 83.7 Å². The summed E-state index contributed by atoms with van der Waals surface area (Å²) in [6.07, 6.45) is 7.43. The monoisotopic (exact) mass is 404 g/mol.